The summed E-state index contributed by atoms with van der Waals surface area (Å²) in [6.45, 7) is 0. The van der Waals surface area contributed by atoms with Crippen LogP contribution in [0.3, 0.4) is 0 Å². The number of rotatable bonds is 7. The third-order valence-electron chi connectivity index (χ3n) is 11.5. The van der Waals surface area contributed by atoms with Crippen molar-refractivity contribution in [3.05, 3.63) is 224 Å². The lowest BCUT2D eigenvalue weighted by Gasteiger charge is -2.29. The summed E-state index contributed by atoms with van der Waals surface area (Å²) in [6, 6.07) is 80.8. The van der Waals surface area contributed by atoms with Crippen molar-refractivity contribution in [1.29, 1.82) is 0 Å². The number of benzene rings is 10. The van der Waals surface area contributed by atoms with Crippen molar-refractivity contribution in [3.63, 3.8) is 0 Å². The molecule has 0 atom stereocenters. The Hall–Kier alpha value is -7.68. The summed E-state index contributed by atoms with van der Waals surface area (Å²) >= 11 is 0. The Morgan fingerprint density at radius 3 is 1.60 bits per heavy atom. The van der Waals surface area contributed by atoms with Gasteiger partial charge in [0.15, 0.2) is 0 Å². The second-order valence-corrected chi connectivity index (χ2v) is 14.9. The Labute approximate surface area is 337 Å². The molecule has 0 aliphatic heterocycles. The second-order valence-electron chi connectivity index (χ2n) is 14.9. The van der Waals surface area contributed by atoms with Gasteiger partial charge in [0.2, 0.25) is 0 Å². The van der Waals surface area contributed by atoms with Crippen LogP contribution in [0.15, 0.2) is 229 Å². The van der Waals surface area contributed by atoms with E-state index in [1.54, 1.807) is 0 Å². The van der Waals surface area contributed by atoms with Crippen molar-refractivity contribution in [2.24, 2.45) is 0 Å². The van der Waals surface area contributed by atoms with Crippen LogP contribution in [-0.4, -0.2) is 0 Å². The summed E-state index contributed by atoms with van der Waals surface area (Å²) in [7, 11) is 0. The number of hydrogen-bond acceptors (Lipinski definition) is 2. The standard InChI is InChI=1S/C56H37NO/c1-4-14-38(15-5-1)39-28-30-45(31-29-39)57(46-32-33-48(40-16-6-2-7-17-40)51(37-46)41-18-8-3-9-19-41)52-34-35-54-56(49-22-12-13-23-53(49)58-54)55(52)44-27-26-43-25-24-42-20-10-11-21-47(42)50(43)36-44/h1-37H. The normalized spacial score (nSPS) is 11.4. The van der Waals surface area contributed by atoms with Gasteiger partial charge in [0.05, 0.1) is 5.69 Å². The highest BCUT2D eigenvalue weighted by molar-refractivity contribution is 6.18. The van der Waals surface area contributed by atoms with Crippen molar-refractivity contribution in [2.75, 3.05) is 4.90 Å². The molecule has 2 heteroatoms. The van der Waals surface area contributed by atoms with Crippen LogP contribution in [0.4, 0.5) is 17.1 Å². The van der Waals surface area contributed by atoms with Gasteiger partial charge in [0.1, 0.15) is 11.2 Å². The summed E-state index contributed by atoms with van der Waals surface area (Å²) in [5, 5.41) is 7.10. The van der Waals surface area contributed by atoms with E-state index >= 15 is 0 Å². The molecule has 11 rings (SSSR count). The van der Waals surface area contributed by atoms with Crippen LogP contribution in [0, 0.1) is 0 Å². The molecule has 0 N–H and O–H groups in total. The van der Waals surface area contributed by atoms with E-state index in [2.05, 4.69) is 223 Å². The molecule has 0 aliphatic rings. The average Bonchev–Trinajstić information content (AvgIpc) is 3.69. The highest BCUT2D eigenvalue weighted by Crippen LogP contribution is 2.49. The fraction of sp³-hybridized carbons (Fsp3) is 0. The zero-order valence-electron chi connectivity index (χ0n) is 31.7. The van der Waals surface area contributed by atoms with Crippen LogP contribution >= 0.6 is 0 Å². The lowest BCUT2D eigenvalue weighted by Crippen LogP contribution is -2.12. The van der Waals surface area contributed by atoms with E-state index in [4.69, 9.17) is 4.42 Å². The summed E-state index contributed by atoms with van der Waals surface area (Å²) < 4.78 is 6.61. The first kappa shape index (κ1) is 33.6. The molecule has 0 amide bonds. The van der Waals surface area contributed by atoms with Gasteiger partial charge < -0.3 is 9.32 Å². The number of para-hydroxylation sites is 1. The third-order valence-corrected chi connectivity index (χ3v) is 11.5. The molecule has 0 bridgehead atoms. The molecule has 0 spiro atoms. The maximum Gasteiger partial charge on any atom is 0.136 e. The molecular weight excluding hydrogens is 703 g/mol. The van der Waals surface area contributed by atoms with E-state index in [1.807, 2.05) is 6.07 Å². The van der Waals surface area contributed by atoms with Gasteiger partial charge in [-0.3, -0.25) is 0 Å². The van der Waals surface area contributed by atoms with E-state index in [9.17, 15) is 0 Å². The van der Waals surface area contributed by atoms with Gasteiger partial charge in [-0.2, -0.15) is 0 Å². The van der Waals surface area contributed by atoms with E-state index in [1.165, 1.54) is 54.9 Å². The van der Waals surface area contributed by atoms with Crippen molar-refractivity contribution in [3.8, 4) is 44.5 Å². The van der Waals surface area contributed by atoms with Crippen molar-refractivity contribution >= 4 is 60.5 Å². The summed E-state index contributed by atoms with van der Waals surface area (Å²) in [6.07, 6.45) is 0. The molecule has 0 saturated carbocycles. The summed E-state index contributed by atoms with van der Waals surface area (Å²) in [4.78, 5) is 2.43. The third kappa shape index (κ3) is 5.82. The fourth-order valence-corrected chi connectivity index (χ4v) is 8.70. The molecule has 10 aromatic carbocycles. The molecule has 0 saturated heterocycles. The van der Waals surface area contributed by atoms with Gasteiger partial charge in [-0.15, -0.1) is 0 Å². The monoisotopic (exact) mass is 739 g/mol. The van der Waals surface area contributed by atoms with Crippen LogP contribution in [-0.2, 0) is 0 Å². The predicted octanol–water partition coefficient (Wildman–Crippen LogP) is 16.0. The number of furan rings is 1. The first-order valence-electron chi connectivity index (χ1n) is 19.8. The minimum absolute atomic E-state index is 0.863. The highest BCUT2D eigenvalue weighted by atomic mass is 16.3. The lowest BCUT2D eigenvalue weighted by molar-refractivity contribution is 0.669. The van der Waals surface area contributed by atoms with Crippen molar-refractivity contribution in [2.45, 2.75) is 0 Å². The predicted molar refractivity (Wildman–Crippen MR) is 245 cm³/mol. The number of anilines is 3. The van der Waals surface area contributed by atoms with Gasteiger partial charge >= 0.3 is 0 Å². The Bertz CT molecular complexity index is 3260. The topological polar surface area (TPSA) is 16.4 Å². The Morgan fingerprint density at radius 1 is 0.310 bits per heavy atom. The molecule has 0 radical (unpaired) electrons. The zero-order valence-corrected chi connectivity index (χ0v) is 31.7. The second kappa shape index (κ2) is 14.1. The summed E-state index contributed by atoms with van der Waals surface area (Å²) in [5.74, 6) is 0. The van der Waals surface area contributed by atoms with Crippen LogP contribution < -0.4 is 4.90 Å². The van der Waals surface area contributed by atoms with Crippen LogP contribution in [0.5, 0.6) is 0 Å². The van der Waals surface area contributed by atoms with Gasteiger partial charge in [0.25, 0.3) is 0 Å². The maximum atomic E-state index is 6.61. The van der Waals surface area contributed by atoms with Gasteiger partial charge in [-0.1, -0.05) is 176 Å². The van der Waals surface area contributed by atoms with E-state index in [-0.39, 0.29) is 0 Å². The Kier molecular flexibility index (Phi) is 8.19. The highest BCUT2D eigenvalue weighted by Gasteiger charge is 2.24. The Morgan fingerprint density at radius 2 is 0.862 bits per heavy atom. The molecule has 58 heavy (non-hydrogen) atoms. The quantitative estimate of drug-likeness (QED) is 0.151. The molecule has 1 aromatic heterocycles. The molecule has 11 aromatic rings. The van der Waals surface area contributed by atoms with Crippen LogP contribution in [0.2, 0.25) is 0 Å². The SMILES string of the molecule is c1ccc(-c2ccc(N(c3ccc(-c4ccccc4)c(-c4ccccc4)c3)c3ccc4oc5ccccc5c4c3-c3ccc4ccc5ccccc5c4c3)cc2)cc1. The van der Waals surface area contributed by atoms with E-state index < -0.39 is 0 Å². The van der Waals surface area contributed by atoms with Gasteiger partial charge in [-0.25, -0.2) is 0 Å². The van der Waals surface area contributed by atoms with Gasteiger partial charge in [-0.05, 0) is 109 Å². The fourth-order valence-electron chi connectivity index (χ4n) is 8.70. The smallest absolute Gasteiger partial charge is 0.136 e. The van der Waals surface area contributed by atoms with Crippen LogP contribution in [0.1, 0.15) is 0 Å². The molecule has 0 aliphatic carbocycles. The maximum absolute atomic E-state index is 6.61. The minimum atomic E-state index is 0.863. The molecule has 272 valence electrons. The van der Waals surface area contributed by atoms with E-state index in [0.29, 0.717) is 0 Å². The van der Waals surface area contributed by atoms with Crippen LogP contribution in [0.25, 0.3) is 88.0 Å². The van der Waals surface area contributed by atoms with Gasteiger partial charge in [0, 0.05) is 27.7 Å². The molecule has 1 heterocycles. The molecule has 2 nitrogen and oxygen atoms in total. The largest absolute Gasteiger partial charge is 0.456 e. The minimum Gasteiger partial charge on any atom is -0.456 e. The first-order chi connectivity index (χ1) is 28.8. The number of nitrogens with zero attached hydrogens (tertiary/aromatic N) is 1. The average molecular weight is 740 g/mol. The molecule has 0 fully saturated rings. The first-order valence-corrected chi connectivity index (χ1v) is 19.8. The summed E-state index contributed by atoms with van der Waals surface area (Å²) in [5.41, 5.74) is 14.2. The number of fused-ring (bicyclic) bond motifs is 6. The lowest BCUT2D eigenvalue weighted by atomic mass is 9.91. The van der Waals surface area contributed by atoms with E-state index in [0.717, 1.165) is 50.1 Å². The Balaban J connectivity index is 1.21. The zero-order chi connectivity index (χ0) is 38.4. The number of hydrogen-bond donors (Lipinski definition) is 0. The molecule has 0 unspecified atom stereocenters. The molecular formula is C56H37NO. The van der Waals surface area contributed by atoms with Crippen molar-refractivity contribution < 1.29 is 4.42 Å². The van der Waals surface area contributed by atoms with Crippen molar-refractivity contribution in [1.82, 2.24) is 0 Å².